The fraction of sp³-hybridized carbons (Fsp3) is 0.923. The van der Waals surface area contributed by atoms with Crippen molar-refractivity contribution in [3.05, 3.63) is 0 Å². The summed E-state index contributed by atoms with van der Waals surface area (Å²) in [5, 5.41) is 9.11. The van der Waals surface area contributed by atoms with Crippen LogP contribution < -0.4 is 0 Å². The molecule has 0 saturated carbocycles. The van der Waals surface area contributed by atoms with Gasteiger partial charge in [-0.1, -0.05) is 6.92 Å². The maximum Gasteiger partial charge on any atom is 0.227 e. The van der Waals surface area contributed by atoms with Crippen LogP contribution in [-0.4, -0.2) is 61.2 Å². The number of aliphatic hydroxyl groups is 1. The fourth-order valence-corrected chi connectivity index (χ4v) is 2.44. The molecule has 17 heavy (non-hydrogen) atoms. The van der Waals surface area contributed by atoms with Gasteiger partial charge in [0.05, 0.1) is 12.5 Å². The standard InChI is InChI=1S/C13H26N2O2/c1-4-12(10-16)13(17)15(3)8-6-11-5-7-14(2)9-11/h11-12,16H,4-10H2,1-3H3. The number of carbonyl (C=O) groups excluding carboxylic acids is 1. The third-order valence-corrected chi connectivity index (χ3v) is 3.80. The Kier molecular flexibility index (Phi) is 5.92. The lowest BCUT2D eigenvalue weighted by molar-refractivity contribution is -0.135. The molecule has 4 heteroatoms. The molecule has 2 atom stereocenters. The van der Waals surface area contributed by atoms with Crippen LogP contribution in [0.2, 0.25) is 0 Å². The van der Waals surface area contributed by atoms with Crippen LogP contribution in [0.15, 0.2) is 0 Å². The number of carbonyl (C=O) groups is 1. The summed E-state index contributed by atoms with van der Waals surface area (Å²) in [6.45, 7) is 5.05. The van der Waals surface area contributed by atoms with Crippen molar-refractivity contribution in [3.8, 4) is 0 Å². The first-order valence-electron chi connectivity index (χ1n) is 6.62. The number of amides is 1. The Morgan fingerprint density at radius 1 is 1.59 bits per heavy atom. The van der Waals surface area contributed by atoms with Crippen molar-refractivity contribution in [2.45, 2.75) is 26.2 Å². The molecule has 0 aromatic carbocycles. The minimum Gasteiger partial charge on any atom is -0.396 e. The Morgan fingerprint density at radius 2 is 2.29 bits per heavy atom. The van der Waals surface area contributed by atoms with Gasteiger partial charge < -0.3 is 14.9 Å². The zero-order valence-corrected chi connectivity index (χ0v) is 11.4. The van der Waals surface area contributed by atoms with Crippen molar-refractivity contribution >= 4 is 5.91 Å². The minimum atomic E-state index is -0.216. The summed E-state index contributed by atoms with van der Waals surface area (Å²) in [6.07, 6.45) is 3.04. The average molecular weight is 242 g/mol. The van der Waals surface area contributed by atoms with Crippen LogP contribution in [0, 0.1) is 11.8 Å². The van der Waals surface area contributed by atoms with Crippen LogP contribution in [-0.2, 0) is 4.79 Å². The first-order valence-corrected chi connectivity index (χ1v) is 6.62. The average Bonchev–Trinajstić information content (AvgIpc) is 2.73. The van der Waals surface area contributed by atoms with E-state index in [1.165, 1.54) is 13.0 Å². The number of hydrogen-bond donors (Lipinski definition) is 1. The highest BCUT2D eigenvalue weighted by atomic mass is 16.3. The van der Waals surface area contributed by atoms with Crippen LogP contribution in [0.5, 0.6) is 0 Å². The van der Waals surface area contributed by atoms with Crippen LogP contribution in [0.1, 0.15) is 26.2 Å². The number of aliphatic hydroxyl groups excluding tert-OH is 1. The predicted molar refractivity (Wildman–Crippen MR) is 68.7 cm³/mol. The van der Waals surface area contributed by atoms with Gasteiger partial charge in [0, 0.05) is 20.1 Å². The smallest absolute Gasteiger partial charge is 0.227 e. The summed E-state index contributed by atoms with van der Waals surface area (Å²) >= 11 is 0. The molecule has 0 aromatic heterocycles. The maximum atomic E-state index is 11.9. The summed E-state index contributed by atoms with van der Waals surface area (Å²) < 4.78 is 0. The van der Waals surface area contributed by atoms with Crippen molar-refractivity contribution in [2.75, 3.05) is 40.3 Å². The van der Waals surface area contributed by atoms with E-state index in [2.05, 4.69) is 11.9 Å². The van der Waals surface area contributed by atoms with E-state index in [0.717, 1.165) is 25.4 Å². The fourth-order valence-electron chi connectivity index (χ4n) is 2.44. The molecule has 1 amide bonds. The highest BCUT2D eigenvalue weighted by Crippen LogP contribution is 2.18. The molecule has 1 saturated heterocycles. The zero-order chi connectivity index (χ0) is 12.8. The Morgan fingerprint density at radius 3 is 2.76 bits per heavy atom. The SMILES string of the molecule is CCC(CO)C(=O)N(C)CCC1CCN(C)C1. The second kappa shape index (κ2) is 6.97. The zero-order valence-electron chi connectivity index (χ0n) is 11.4. The Balaban J connectivity index is 2.28. The third-order valence-electron chi connectivity index (χ3n) is 3.80. The summed E-state index contributed by atoms with van der Waals surface area (Å²) in [4.78, 5) is 16.1. The Hall–Kier alpha value is -0.610. The normalized spacial score (nSPS) is 22.7. The van der Waals surface area contributed by atoms with Gasteiger partial charge in [-0.3, -0.25) is 4.79 Å². The van der Waals surface area contributed by atoms with E-state index >= 15 is 0 Å². The first-order chi connectivity index (χ1) is 8.08. The van der Waals surface area contributed by atoms with Gasteiger partial charge in [-0.15, -0.1) is 0 Å². The van der Waals surface area contributed by atoms with E-state index < -0.39 is 0 Å². The summed E-state index contributed by atoms with van der Waals surface area (Å²) in [7, 11) is 3.99. The minimum absolute atomic E-state index is 0.0359. The number of likely N-dealkylation sites (tertiary alicyclic amines) is 1. The van der Waals surface area contributed by atoms with E-state index in [4.69, 9.17) is 5.11 Å². The van der Waals surface area contributed by atoms with E-state index in [1.807, 2.05) is 14.0 Å². The van der Waals surface area contributed by atoms with Crippen molar-refractivity contribution in [1.82, 2.24) is 9.80 Å². The molecule has 0 radical (unpaired) electrons. The van der Waals surface area contributed by atoms with E-state index in [-0.39, 0.29) is 18.4 Å². The first kappa shape index (κ1) is 14.5. The molecule has 2 unspecified atom stereocenters. The van der Waals surface area contributed by atoms with Crippen LogP contribution in [0.4, 0.5) is 0 Å². The molecule has 1 heterocycles. The van der Waals surface area contributed by atoms with Crippen LogP contribution >= 0.6 is 0 Å². The van der Waals surface area contributed by atoms with Gasteiger partial charge in [0.25, 0.3) is 0 Å². The van der Waals surface area contributed by atoms with Crippen LogP contribution in [0.3, 0.4) is 0 Å². The molecule has 0 bridgehead atoms. The highest BCUT2D eigenvalue weighted by Gasteiger charge is 2.22. The van der Waals surface area contributed by atoms with Gasteiger partial charge in [0.1, 0.15) is 0 Å². The molecule has 0 aromatic rings. The van der Waals surface area contributed by atoms with Crippen molar-refractivity contribution in [2.24, 2.45) is 11.8 Å². The Bertz CT molecular complexity index is 242. The second-order valence-electron chi connectivity index (χ2n) is 5.25. The van der Waals surface area contributed by atoms with Crippen molar-refractivity contribution in [1.29, 1.82) is 0 Å². The molecule has 1 N–H and O–H groups in total. The van der Waals surface area contributed by atoms with E-state index in [1.54, 1.807) is 4.90 Å². The lowest BCUT2D eigenvalue weighted by Gasteiger charge is -2.23. The van der Waals surface area contributed by atoms with Gasteiger partial charge in [-0.2, -0.15) is 0 Å². The van der Waals surface area contributed by atoms with Gasteiger partial charge >= 0.3 is 0 Å². The predicted octanol–water partition coefficient (Wildman–Crippen LogP) is 0.805. The molecule has 0 aliphatic carbocycles. The molecule has 1 aliphatic rings. The second-order valence-corrected chi connectivity index (χ2v) is 5.25. The molecule has 0 spiro atoms. The molecular weight excluding hydrogens is 216 g/mol. The Labute approximate surface area is 105 Å². The number of hydrogen-bond acceptors (Lipinski definition) is 3. The lowest BCUT2D eigenvalue weighted by atomic mass is 10.0. The number of nitrogens with zero attached hydrogens (tertiary/aromatic N) is 2. The summed E-state index contributed by atoms with van der Waals surface area (Å²) in [5.74, 6) is 0.594. The monoisotopic (exact) mass is 242 g/mol. The largest absolute Gasteiger partial charge is 0.396 e. The molecule has 1 rings (SSSR count). The van der Waals surface area contributed by atoms with Gasteiger partial charge in [-0.05, 0) is 38.8 Å². The molecule has 4 nitrogen and oxygen atoms in total. The topological polar surface area (TPSA) is 43.8 Å². The lowest BCUT2D eigenvalue weighted by Crippen LogP contribution is -2.35. The molecule has 1 fully saturated rings. The summed E-state index contributed by atoms with van der Waals surface area (Å²) in [6, 6.07) is 0. The highest BCUT2D eigenvalue weighted by molar-refractivity contribution is 5.78. The third kappa shape index (κ3) is 4.28. The van der Waals surface area contributed by atoms with Crippen molar-refractivity contribution < 1.29 is 9.90 Å². The summed E-state index contributed by atoms with van der Waals surface area (Å²) in [5.41, 5.74) is 0. The van der Waals surface area contributed by atoms with E-state index in [0.29, 0.717) is 6.42 Å². The van der Waals surface area contributed by atoms with E-state index in [9.17, 15) is 4.79 Å². The van der Waals surface area contributed by atoms with Gasteiger partial charge in [0.15, 0.2) is 0 Å². The maximum absolute atomic E-state index is 11.9. The molecule has 1 aliphatic heterocycles. The molecular formula is C13H26N2O2. The van der Waals surface area contributed by atoms with Gasteiger partial charge in [-0.25, -0.2) is 0 Å². The van der Waals surface area contributed by atoms with Crippen molar-refractivity contribution in [3.63, 3.8) is 0 Å². The van der Waals surface area contributed by atoms with Gasteiger partial charge in [0.2, 0.25) is 5.91 Å². The quantitative estimate of drug-likeness (QED) is 0.749. The van der Waals surface area contributed by atoms with Crippen LogP contribution in [0.25, 0.3) is 0 Å². The number of rotatable bonds is 6. The molecule has 100 valence electrons.